The van der Waals surface area contributed by atoms with Crippen LogP contribution in [0.2, 0.25) is 5.02 Å². The highest BCUT2D eigenvalue weighted by atomic mass is 35.5. The average Bonchev–Trinajstić information content (AvgIpc) is 3.32. The van der Waals surface area contributed by atoms with Crippen molar-refractivity contribution in [2.24, 2.45) is 10.7 Å². The minimum absolute atomic E-state index is 0.0502. The molecule has 3 heterocycles. The van der Waals surface area contributed by atoms with Gasteiger partial charge in [0.25, 0.3) is 17.4 Å². The van der Waals surface area contributed by atoms with Crippen molar-refractivity contribution in [1.82, 2.24) is 14.8 Å². The summed E-state index contributed by atoms with van der Waals surface area (Å²) in [4.78, 5) is 45.7. The molecule has 0 aliphatic carbocycles. The predicted octanol–water partition coefficient (Wildman–Crippen LogP) is 2.39. The Balaban J connectivity index is 0.000000310. The molecule has 9 heteroatoms. The number of hydrogen-bond acceptors (Lipinski definition) is 5. The zero-order chi connectivity index (χ0) is 21.8. The Hall–Kier alpha value is -2.97. The van der Waals surface area contributed by atoms with Crippen LogP contribution in [0.15, 0.2) is 40.2 Å². The molecule has 3 N–H and O–H groups in total. The summed E-state index contributed by atoms with van der Waals surface area (Å²) in [6.07, 6.45) is 4.25. The number of nitrogens with two attached hydrogens (primary N) is 1. The lowest BCUT2D eigenvalue weighted by atomic mass is 10.1. The van der Waals surface area contributed by atoms with E-state index in [1.54, 1.807) is 6.07 Å². The largest absolute Gasteiger partial charge is 0.383 e. The van der Waals surface area contributed by atoms with Crippen LogP contribution in [0, 0.1) is 0 Å². The van der Waals surface area contributed by atoms with Gasteiger partial charge in [-0.15, -0.1) is 0 Å². The number of amides is 2. The predicted molar refractivity (Wildman–Crippen MR) is 117 cm³/mol. The summed E-state index contributed by atoms with van der Waals surface area (Å²) in [7, 11) is 1.41. The highest BCUT2D eigenvalue weighted by Gasteiger charge is 2.32. The maximum absolute atomic E-state index is 12.0. The molecule has 2 aliphatic heterocycles. The first-order chi connectivity index (χ1) is 14.3. The van der Waals surface area contributed by atoms with Crippen molar-refractivity contribution in [1.29, 1.82) is 0 Å². The molecule has 158 valence electrons. The van der Waals surface area contributed by atoms with Gasteiger partial charge in [-0.2, -0.15) is 0 Å². The van der Waals surface area contributed by atoms with Crippen molar-refractivity contribution in [3.05, 3.63) is 62.5 Å². The van der Waals surface area contributed by atoms with E-state index in [4.69, 9.17) is 17.3 Å². The smallest absolute Gasteiger partial charge is 0.261 e. The van der Waals surface area contributed by atoms with Gasteiger partial charge in [0.15, 0.2) is 0 Å². The number of aliphatic imine (C=N–C) groups is 1. The number of benzene rings is 1. The van der Waals surface area contributed by atoms with Crippen LogP contribution < -0.4 is 11.3 Å². The number of likely N-dealkylation sites (tertiary alicyclic amines) is 1. The van der Waals surface area contributed by atoms with Crippen molar-refractivity contribution in [3.8, 4) is 0 Å². The molecule has 0 bridgehead atoms. The summed E-state index contributed by atoms with van der Waals surface area (Å²) in [6.45, 7) is 6.16. The Morgan fingerprint density at radius 3 is 2.40 bits per heavy atom. The van der Waals surface area contributed by atoms with Gasteiger partial charge >= 0.3 is 0 Å². The summed E-state index contributed by atoms with van der Waals surface area (Å²) in [5, 5.41) is 0.169. The number of aromatic nitrogens is 1. The number of carbonyl (C=O) groups excluding carboxylic acids is 2. The second-order valence-electron chi connectivity index (χ2n) is 7.07. The zero-order valence-corrected chi connectivity index (χ0v) is 17.7. The number of fused-ring (bicyclic) bond motifs is 1. The van der Waals surface area contributed by atoms with E-state index in [0.717, 1.165) is 4.90 Å². The monoisotopic (exact) mass is 429 g/mol. The third kappa shape index (κ3) is 4.44. The van der Waals surface area contributed by atoms with Crippen LogP contribution >= 0.6 is 11.6 Å². The van der Waals surface area contributed by atoms with E-state index in [0.29, 0.717) is 11.3 Å². The minimum atomic E-state index is -0.467. The van der Waals surface area contributed by atoms with E-state index in [1.165, 1.54) is 63.9 Å². The molecule has 1 saturated heterocycles. The number of rotatable bonds is 3. The molecule has 0 unspecified atom stereocenters. The number of nitrogens with one attached hydrogen (secondary N) is 1. The molecule has 4 rings (SSSR count). The number of carbonyl (C=O) groups is 2. The lowest BCUT2D eigenvalue weighted by Gasteiger charge is -2.08. The van der Waals surface area contributed by atoms with Gasteiger partial charge in [-0.05, 0) is 56.7 Å². The zero-order valence-electron chi connectivity index (χ0n) is 16.9. The van der Waals surface area contributed by atoms with Gasteiger partial charge in [-0.1, -0.05) is 18.5 Å². The molecule has 8 nitrogen and oxygen atoms in total. The Kier molecular flexibility index (Phi) is 6.69. The van der Waals surface area contributed by atoms with E-state index in [9.17, 15) is 14.4 Å². The number of aromatic amines is 1. The van der Waals surface area contributed by atoms with E-state index < -0.39 is 11.5 Å². The maximum atomic E-state index is 12.0. The van der Waals surface area contributed by atoms with Gasteiger partial charge in [-0.3, -0.25) is 19.3 Å². The second kappa shape index (κ2) is 9.23. The fourth-order valence-electron chi connectivity index (χ4n) is 3.41. The molecule has 2 aromatic rings. The number of H-pyrrole nitrogens is 1. The molecule has 0 radical (unpaired) electrons. The lowest BCUT2D eigenvalue weighted by molar-refractivity contribution is 0.0693. The molecule has 1 aromatic heterocycles. The molecular formula is C21H24ClN5O3. The molecule has 0 atom stereocenters. The first kappa shape index (κ1) is 21.7. The number of imide groups is 1. The number of hydrogen-bond donors (Lipinski definition) is 2. The summed E-state index contributed by atoms with van der Waals surface area (Å²) >= 11 is 5.96. The van der Waals surface area contributed by atoms with E-state index in [2.05, 4.69) is 21.8 Å². The topological polar surface area (TPSA) is 112 Å². The minimum Gasteiger partial charge on any atom is -0.383 e. The van der Waals surface area contributed by atoms with Crippen molar-refractivity contribution in [2.45, 2.75) is 19.8 Å². The molecular weight excluding hydrogens is 406 g/mol. The Labute approximate surface area is 179 Å². The summed E-state index contributed by atoms with van der Waals surface area (Å²) in [6, 6.07) is 5.99. The van der Waals surface area contributed by atoms with Gasteiger partial charge in [0.2, 0.25) is 0 Å². The molecule has 30 heavy (non-hydrogen) atoms. The SMILES string of the molecule is CCN1CCCC1.CN1C(=O)c2ccc(N=C(N)c3c(Cl)cc[nH]c3=O)cc2C1=O. The van der Waals surface area contributed by atoms with Crippen LogP contribution in [0.1, 0.15) is 46.0 Å². The van der Waals surface area contributed by atoms with Crippen molar-refractivity contribution >= 4 is 34.9 Å². The molecule has 1 fully saturated rings. The van der Waals surface area contributed by atoms with Gasteiger partial charge in [0, 0.05) is 13.2 Å². The Morgan fingerprint density at radius 2 is 1.80 bits per heavy atom. The summed E-state index contributed by atoms with van der Waals surface area (Å²) in [5.41, 5.74) is 6.33. The third-order valence-electron chi connectivity index (χ3n) is 5.13. The van der Waals surface area contributed by atoms with Gasteiger partial charge < -0.3 is 15.6 Å². The Bertz CT molecular complexity index is 1060. The molecule has 0 saturated carbocycles. The first-order valence-corrected chi connectivity index (χ1v) is 10.1. The quantitative estimate of drug-likeness (QED) is 0.442. The number of nitrogens with zero attached hydrogens (tertiary/aromatic N) is 3. The van der Waals surface area contributed by atoms with Gasteiger partial charge in [0.1, 0.15) is 11.4 Å². The first-order valence-electron chi connectivity index (χ1n) is 9.74. The average molecular weight is 430 g/mol. The molecule has 2 amide bonds. The number of pyridine rings is 1. The fourth-order valence-corrected chi connectivity index (χ4v) is 3.65. The second-order valence-corrected chi connectivity index (χ2v) is 7.47. The highest BCUT2D eigenvalue weighted by Crippen LogP contribution is 2.26. The van der Waals surface area contributed by atoms with Crippen molar-refractivity contribution in [2.75, 3.05) is 26.7 Å². The third-order valence-corrected chi connectivity index (χ3v) is 5.45. The lowest BCUT2D eigenvalue weighted by Crippen LogP contribution is -2.24. The number of amidine groups is 1. The van der Waals surface area contributed by atoms with E-state index >= 15 is 0 Å². The van der Waals surface area contributed by atoms with Gasteiger partial charge in [0.05, 0.1) is 21.8 Å². The van der Waals surface area contributed by atoms with Crippen LogP contribution in [0.5, 0.6) is 0 Å². The normalized spacial score (nSPS) is 16.5. The molecule has 2 aliphatic rings. The number of halogens is 1. The Morgan fingerprint density at radius 1 is 1.13 bits per heavy atom. The summed E-state index contributed by atoms with van der Waals surface area (Å²) < 4.78 is 0. The summed E-state index contributed by atoms with van der Waals surface area (Å²) in [5.74, 6) is -0.853. The maximum Gasteiger partial charge on any atom is 0.261 e. The van der Waals surface area contributed by atoms with Crippen LogP contribution in [-0.2, 0) is 0 Å². The van der Waals surface area contributed by atoms with Gasteiger partial charge in [-0.25, -0.2) is 4.99 Å². The van der Waals surface area contributed by atoms with Crippen molar-refractivity contribution in [3.63, 3.8) is 0 Å². The standard InChI is InChI=1S/C15H11ClN4O3.C6H13N/c1-20-14(22)8-3-2-7(6-9(8)15(20)23)19-12(17)11-10(16)4-5-18-13(11)21;1-2-7-5-3-4-6-7/h2-6H,1H3,(H2,17,19)(H,18,21);2-6H2,1H3. The highest BCUT2D eigenvalue weighted by molar-refractivity contribution is 6.34. The fraction of sp³-hybridized carbons (Fsp3) is 0.333. The van der Waals surface area contributed by atoms with Crippen molar-refractivity contribution < 1.29 is 9.59 Å². The molecule has 0 spiro atoms. The van der Waals surface area contributed by atoms with E-state index in [-0.39, 0.29) is 27.9 Å². The van der Waals surface area contributed by atoms with Crippen LogP contribution in [0.4, 0.5) is 5.69 Å². The van der Waals surface area contributed by atoms with Crippen LogP contribution in [-0.4, -0.2) is 59.1 Å². The molecule has 1 aromatic carbocycles. The van der Waals surface area contributed by atoms with Crippen LogP contribution in [0.3, 0.4) is 0 Å². The van der Waals surface area contributed by atoms with E-state index in [1.807, 2.05) is 0 Å². The van der Waals surface area contributed by atoms with Crippen LogP contribution in [0.25, 0.3) is 0 Å².